The molecule has 10 heteroatoms. The lowest BCUT2D eigenvalue weighted by atomic mass is 9.97. The molecule has 0 heterocycles. The van der Waals surface area contributed by atoms with Crippen molar-refractivity contribution in [1.82, 2.24) is 0 Å². The van der Waals surface area contributed by atoms with Crippen LogP contribution >= 0.6 is 0 Å². The van der Waals surface area contributed by atoms with E-state index in [-0.39, 0.29) is 34.1 Å². The van der Waals surface area contributed by atoms with E-state index < -0.39 is 29.4 Å². The monoisotopic (exact) mass is 772 g/mol. The Labute approximate surface area is 327 Å². The SMILES string of the molecule is CCCCCCc1ccc(C#Cc2ccc(/C(C#N)=C/c3ccc(OC(=O)/C=C(\C#N)c4ccc(-c5cc(C(F)(F)F)cc(C(F)(F)F)c5)cc4)cc3)cc2)cc1. The Bertz CT molecular complexity index is 2370. The first kappa shape index (κ1) is 41.3. The van der Waals surface area contributed by atoms with E-state index in [1.54, 1.807) is 18.2 Å². The molecule has 0 aliphatic carbocycles. The van der Waals surface area contributed by atoms with Crippen molar-refractivity contribution in [2.75, 3.05) is 0 Å². The molecule has 0 saturated heterocycles. The lowest BCUT2D eigenvalue weighted by Crippen LogP contribution is -2.11. The molecule has 5 rings (SSSR count). The standard InChI is InChI=1S/C47H34F6N2O2/c1-2-3-4-5-6-32-7-9-33(10-8-32)11-12-34-13-17-37(18-14-34)40(30-54)25-35-15-23-44(24-16-35)57-45(56)28-41(31-55)38-21-19-36(20-22-38)39-26-42(46(48,49)50)29-43(27-39)47(51,52)53/h7-10,13-29H,2-6H2,1H3/b40-25+,41-28+. The maximum absolute atomic E-state index is 13.3. The fourth-order valence-corrected chi connectivity index (χ4v) is 5.77. The summed E-state index contributed by atoms with van der Waals surface area (Å²) in [7, 11) is 0. The van der Waals surface area contributed by atoms with Gasteiger partial charge in [-0.3, -0.25) is 0 Å². The van der Waals surface area contributed by atoms with Gasteiger partial charge in [0.05, 0.1) is 28.3 Å². The highest BCUT2D eigenvalue weighted by molar-refractivity contribution is 5.96. The number of halogens is 6. The lowest BCUT2D eigenvalue weighted by Gasteiger charge is -2.14. The summed E-state index contributed by atoms with van der Waals surface area (Å²) in [6.45, 7) is 2.20. The number of ether oxygens (including phenoxy) is 1. The van der Waals surface area contributed by atoms with Crippen molar-refractivity contribution in [1.29, 1.82) is 10.5 Å². The quantitative estimate of drug-likeness (QED) is 0.0196. The van der Waals surface area contributed by atoms with Gasteiger partial charge in [0.25, 0.3) is 0 Å². The molecule has 5 aromatic carbocycles. The van der Waals surface area contributed by atoms with E-state index in [1.165, 1.54) is 67.6 Å². The summed E-state index contributed by atoms with van der Waals surface area (Å²) in [5, 5.41) is 19.5. The van der Waals surface area contributed by atoms with Crippen LogP contribution in [0.25, 0.3) is 28.3 Å². The Kier molecular flexibility index (Phi) is 13.5. The number of hydrogen-bond donors (Lipinski definition) is 0. The first-order valence-electron chi connectivity index (χ1n) is 17.9. The fraction of sp³-hybridized carbons (Fsp3) is 0.170. The molecule has 5 aromatic rings. The van der Waals surface area contributed by atoms with Gasteiger partial charge in [-0.25, -0.2) is 4.79 Å². The smallest absolute Gasteiger partial charge is 0.416 e. The predicted octanol–water partition coefficient (Wildman–Crippen LogP) is 12.5. The average Bonchev–Trinajstić information content (AvgIpc) is 3.20. The molecular formula is C47H34F6N2O2. The highest BCUT2D eigenvalue weighted by Crippen LogP contribution is 2.39. The number of aryl methyl sites for hydroxylation is 1. The zero-order valence-electron chi connectivity index (χ0n) is 30.6. The molecule has 0 saturated carbocycles. The third-order valence-corrected chi connectivity index (χ3v) is 8.85. The summed E-state index contributed by atoms with van der Waals surface area (Å²) in [6.07, 6.45) is -1.46. The van der Waals surface area contributed by atoms with Crippen molar-refractivity contribution in [3.05, 3.63) is 166 Å². The minimum Gasteiger partial charge on any atom is -0.423 e. The zero-order valence-corrected chi connectivity index (χ0v) is 30.6. The van der Waals surface area contributed by atoms with E-state index in [1.807, 2.05) is 42.5 Å². The number of carbonyl (C=O) groups is 1. The highest BCUT2D eigenvalue weighted by atomic mass is 19.4. The number of nitrogens with zero attached hydrogens (tertiary/aromatic N) is 2. The Morgan fingerprint density at radius 2 is 1.16 bits per heavy atom. The van der Waals surface area contributed by atoms with Gasteiger partial charge in [-0.2, -0.15) is 36.9 Å². The van der Waals surface area contributed by atoms with Crippen LogP contribution in [0.3, 0.4) is 0 Å². The van der Waals surface area contributed by atoms with Crippen molar-refractivity contribution in [2.24, 2.45) is 0 Å². The van der Waals surface area contributed by atoms with Gasteiger partial charge in [-0.15, -0.1) is 0 Å². The van der Waals surface area contributed by atoms with Crippen LogP contribution in [0, 0.1) is 34.5 Å². The Hall–Kier alpha value is -6.83. The molecule has 0 unspecified atom stereocenters. The number of rotatable bonds is 11. The van der Waals surface area contributed by atoms with E-state index >= 15 is 0 Å². The van der Waals surface area contributed by atoms with Crippen LogP contribution in [0.1, 0.15) is 77.1 Å². The minimum absolute atomic E-state index is 0.0375. The van der Waals surface area contributed by atoms with Crippen LogP contribution in [-0.4, -0.2) is 5.97 Å². The molecule has 0 spiro atoms. The van der Waals surface area contributed by atoms with Crippen LogP contribution in [0.4, 0.5) is 26.3 Å². The molecular weight excluding hydrogens is 739 g/mol. The molecule has 286 valence electrons. The van der Waals surface area contributed by atoms with E-state index in [2.05, 4.69) is 37.0 Å². The second-order valence-electron chi connectivity index (χ2n) is 13.0. The van der Waals surface area contributed by atoms with Crippen molar-refractivity contribution in [3.8, 4) is 40.9 Å². The van der Waals surface area contributed by atoms with Crippen molar-refractivity contribution < 1.29 is 35.9 Å². The largest absolute Gasteiger partial charge is 0.423 e. The van der Waals surface area contributed by atoms with Crippen molar-refractivity contribution >= 4 is 23.2 Å². The third-order valence-electron chi connectivity index (χ3n) is 8.85. The van der Waals surface area contributed by atoms with Gasteiger partial charge in [-0.1, -0.05) is 98.7 Å². The van der Waals surface area contributed by atoms with E-state index in [0.29, 0.717) is 28.8 Å². The number of alkyl halides is 6. The average molecular weight is 773 g/mol. The summed E-state index contributed by atoms with van der Waals surface area (Å²) in [4.78, 5) is 12.7. The molecule has 0 aliphatic heterocycles. The summed E-state index contributed by atoms with van der Waals surface area (Å²) >= 11 is 0. The third kappa shape index (κ3) is 11.8. The maximum atomic E-state index is 13.3. The normalized spacial score (nSPS) is 11.9. The Balaban J connectivity index is 1.21. The number of allylic oxidation sites excluding steroid dienone is 2. The fourth-order valence-electron chi connectivity index (χ4n) is 5.77. The van der Waals surface area contributed by atoms with Crippen LogP contribution in [0.2, 0.25) is 0 Å². The number of nitriles is 2. The molecule has 0 N–H and O–H groups in total. The van der Waals surface area contributed by atoms with Crippen LogP contribution in [-0.2, 0) is 23.6 Å². The number of benzene rings is 5. The Morgan fingerprint density at radius 3 is 1.68 bits per heavy atom. The summed E-state index contributed by atoms with van der Waals surface area (Å²) in [5.41, 5.74) is 1.60. The molecule has 0 amide bonds. The van der Waals surface area contributed by atoms with Gasteiger partial charge in [0, 0.05) is 17.2 Å². The minimum atomic E-state index is -5.01. The van der Waals surface area contributed by atoms with Gasteiger partial charge in [0.15, 0.2) is 0 Å². The van der Waals surface area contributed by atoms with Crippen LogP contribution in [0.15, 0.2) is 121 Å². The lowest BCUT2D eigenvalue weighted by molar-refractivity contribution is -0.143. The molecule has 0 fully saturated rings. The van der Waals surface area contributed by atoms with Gasteiger partial charge in [0.2, 0.25) is 0 Å². The maximum Gasteiger partial charge on any atom is 0.416 e. The van der Waals surface area contributed by atoms with Crippen molar-refractivity contribution in [3.63, 3.8) is 0 Å². The number of esters is 1. The molecule has 0 atom stereocenters. The van der Waals surface area contributed by atoms with Crippen LogP contribution < -0.4 is 4.74 Å². The molecule has 0 bridgehead atoms. The van der Waals surface area contributed by atoms with E-state index in [4.69, 9.17) is 4.74 Å². The number of hydrogen-bond acceptors (Lipinski definition) is 4. The van der Waals surface area contributed by atoms with Gasteiger partial charge in [0.1, 0.15) is 11.8 Å². The topological polar surface area (TPSA) is 73.9 Å². The molecule has 0 radical (unpaired) electrons. The van der Waals surface area contributed by atoms with Gasteiger partial charge < -0.3 is 4.74 Å². The van der Waals surface area contributed by atoms with E-state index in [9.17, 15) is 41.7 Å². The first-order valence-corrected chi connectivity index (χ1v) is 17.9. The predicted molar refractivity (Wildman–Crippen MR) is 208 cm³/mol. The second-order valence-corrected chi connectivity index (χ2v) is 13.0. The zero-order chi connectivity index (χ0) is 41.0. The van der Waals surface area contributed by atoms with Gasteiger partial charge in [-0.05, 0) is 107 Å². The second kappa shape index (κ2) is 18.7. The van der Waals surface area contributed by atoms with E-state index in [0.717, 1.165) is 23.6 Å². The first-order chi connectivity index (χ1) is 27.2. The highest BCUT2D eigenvalue weighted by Gasteiger charge is 2.37. The van der Waals surface area contributed by atoms with Gasteiger partial charge >= 0.3 is 18.3 Å². The molecule has 0 aliphatic rings. The molecule has 0 aromatic heterocycles. The van der Waals surface area contributed by atoms with Crippen molar-refractivity contribution in [2.45, 2.75) is 51.4 Å². The summed E-state index contributed by atoms with van der Waals surface area (Å²) in [6, 6.07) is 32.3. The van der Waals surface area contributed by atoms with Crippen LogP contribution in [0.5, 0.6) is 5.75 Å². The molecule has 4 nitrogen and oxygen atoms in total. The molecule has 57 heavy (non-hydrogen) atoms. The number of unbranched alkanes of at least 4 members (excludes halogenated alkanes) is 3. The Morgan fingerprint density at radius 1 is 0.632 bits per heavy atom. The number of carbonyl (C=O) groups excluding carboxylic acids is 1. The summed E-state index contributed by atoms with van der Waals surface area (Å²) in [5.74, 6) is 5.59. The summed E-state index contributed by atoms with van der Waals surface area (Å²) < 4.78 is 85.3.